The Morgan fingerprint density at radius 1 is 1.23 bits per heavy atom. The second-order valence-electron chi connectivity index (χ2n) is 4.65. The Morgan fingerprint density at radius 3 is 2.77 bits per heavy atom. The summed E-state index contributed by atoms with van der Waals surface area (Å²) in [4.78, 5) is 0. The van der Waals surface area contributed by atoms with Crippen LogP contribution >= 0.6 is 11.6 Å². The maximum atomic E-state index is 10.2. The zero-order chi connectivity index (χ0) is 15.7. The summed E-state index contributed by atoms with van der Waals surface area (Å²) in [5.74, 6) is 0.755. The largest absolute Gasteiger partial charge is 0.497 e. The van der Waals surface area contributed by atoms with Crippen LogP contribution in [0, 0.1) is 5.41 Å². The molecule has 0 spiro atoms. The maximum absolute atomic E-state index is 10.2. The van der Waals surface area contributed by atoms with Gasteiger partial charge in [-0.3, -0.25) is 10.6 Å². The molecule has 3 rings (SSSR count). The van der Waals surface area contributed by atoms with Crippen molar-refractivity contribution in [3.05, 3.63) is 59.3 Å². The molecule has 0 saturated heterocycles. The average Bonchev–Trinajstić information content (AvgIpc) is 2.96. The molecule has 1 heterocycles. The first-order valence-electron chi connectivity index (χ1n) is 6.49. The van der Waals surface area contributed by atoms with Crippen molar-refractivity contribution < 1.29 is 14.4 Å². The molecular formula is C16H13ClN2O3. The van der Waals surface area contributed by atoms with Crippen molar-refractivity contribution in [2.24, 2.45) is 0 Å². The van der Waals surface area contributed by atoms with Crippen LogP contribution in [0.2, 0.25) is 5.02 Å². The topological polar surface area (TPSA) is 69.7 Å². The zero-order valence-corrected chi connectivity index (χ0v) is 12.5. The van der Waals surface area contributed by atoms with Gasteiger partial charge in [0, 0.05) is 10.4 Å². The number of ether oxygens (including phenoxy) is 1. The molecule has 0 aliphatic carbocycles. The van der Waals surface area contributed by atoms with E-state index in [9.17, 15) is 5.21 Å². The highest BCUT2D eigenvalue weighted by Crippen LogP contribution is 2.26. The summed E-state index contributed by atoms with van der Waals surface area (Å²) in [5.41, 5.74) is 0.996. The number of rotatable bonds is 3. The van der Waals surface area contributed by atoms with Crippen LogP contribution < -0.4 is 9.80 Å². The van der Waals surface area contributed by atoms with E-state index in [1.54, 1.807) is 55.6 Å². The Labute approximate surface area is 131 Å². The highest BCUT2D eigenvalue weighted by Gasteiger charge is 2.17. The smallest absolute Gasteiger partial charge is 0.193 e. The molecule has 0 radical (unpaired) electrons. The third kappa shape index (κ3) is 2.64. The first kappa shape index (κ1) is 14.4. The molecular weight excluding hydrogens is 304 g/mol. The molecule has 112 valence electrons. The highest BCUT2D eigenvalue weighted by molar-refractivity contribution is 6.31. The van der Waals surface area contributed by atoms with Gasteiger partial charge in [0.1, 0.15) is 11.3 Å². The monoisotopic (exact) mass is 316 g/mol. The van der Waals surface area contributed by atoms with Gasteiger partial charge in [-0.05, 0) is 42.5 Å². The van der Waals surface area contributed by atoms with Crippen molar-refractivity contribution in [2.75, 3.05) is 12.2 Å². The molecule has 0 aliphatic heterocycles. The molecule has 6 heteroatoms. The van der Waals surface area contributed by atoms with Crippen LogP contribution in [0.15, 0.2) is 52.9 Å². The van der Waals surface area contributed by atoms with E-state index in [0.29, 0.717) is 22.0 Å². The standard InChI is InChI=1S/C16H13ClN2O3/c1-21-13-5-6-14-10(7-13)8-15(22-14)16(18)19(20)12-4-2-3-11(17)9-12/h2-9,18,20H,1H3. The molecule has 0 amide bonds. The van der Waals surface area contributed by atoms with Gasteiger partial charge in [-0.25, -0.2) is 5.06 Å². The van der Waals surface area contributed by atoms with E-state index in [1.165, 1.54) is 0 Å². The number of nitrogens with zero attached hydrogens (tertiary/aromatic N) is 1. The quantitative estimate of drug-likeness (QED) is 0.429. The van der Waals surface area contributed by atoms with Crippen molar-refractivity contribution >= 4 is 34.1 Å². The fourth-order valence-corrected chi connectivity index (χ4v) is 2.29. The molecule has 0 bridgehead atoms. The van der Waals surface area contributed by atoms with Crippen LogP contribution in [-0.2, 0) is 0 Å². The molecule has 0 saturated carbocycles. The number of amidine groups is 1. The Morgan fingerprint density at radius 2 is 2.05 bits per heavy atom. The molecule has 1 aromatic heterocycles. The number of halogens is 1. The van der Waals surface area contributed by atoms with Crippen LogP contribution in [0.3, 0.4) is 0 Å². The lowest BCUT2D eigenvalue weighted by Crippen LogP contribution is -2.26. The normalized spacial score (nSPS) is 10.7. The number of nitrogens with one attached hydrogen (secondary N) is 1. The van der Waals surface area contributed by atoms with Gasteiger partial charge in [0.2, 0.25) is 0 Å². The van der Waals surface area contributed by atoms with Gasteiger partial charge in [-0.1, -0.05) is 17.7 Å². The van der Waals surface area contributed by atoms with Gasteiger partial charge in [-0.2, -0.15) is 0 Å². The Kier molecular flexibility index (Phi) is 3.75. The molecule has 0 atom stereocenters. The lowest BCUT2D eigenvalue weighted by molar-refractivity contribution is 0.309. The average molecular weight is 317 g/mol. The number of fused-ring (bicyclic) bond motifs is 1. The summed E-state index contributed by atoms with van der Waals surface area (Å²) in [6, 6.07) is 13.6. The third-order valence-electron chi connectivity index (χ3n) is 3.22. The lowest BCUT2D eigenvalue weighted by atomic mass is 10.2. The van der Waals surface area contributed by atoms with Gasteiger partial charge in [0.25, 0.3) is 0 Å². The molecule has 0 unspecified atom stereocenters. The van der Waals surface area contributed by atoms with Crippen molar-refractivity contribution in [2.45, 2.75) is 0 Å². The molecule has 0 aliphatic rings. The zero-order valence-electron chi connectivity index (χ0n) is 11.7. The van der Waals surface area contributed by atoms with Crippen LogP contribution in [0.1, 0.15) is 5.76 Å². The highest BCUT2D eigenvalue weighted by atomic mass is 35.5. The van der Waals surface area contributed by atoms with Crippen molar-refractivity contribution in [3.63, 3.8) is 0 Å². The number of benzene rings is 2. The number of hydrogen-bond donors (Lipinski definition) is 2. The lowest BCUT2D eigenvalue weighted by Gasteiger charge is -2.15. The molecule has 2 N–H and O–H groups in total. The second kappa shape index (κ2) is 5.71. The van der Waals surface area contributed by atoms with Crippen molar-refractivity contribution in [1.82, 2.24) is 0 Å². The third-order valence-corrected chi connectivity index (χ3v) is 3.46. The molecule has 0 fully saturated rings. The van der Waals surface area contributed by atoms with Gasteiger partial charge < -0.3 is 9.15 Å². The van der Waals surface area contributed by atoms with Crippen LogP contribution in [0.4, 0.5) is 5.69 Å². The fraction of sp³-hybridized carbons (Fsp3) is 0.0625. The predicted octanol–water partition coefficient (Wildman–Crippen LogP) is 4.32. The summed E-state index contributed by atoms with van der Waals surface area (Å²) >= 11 is 5.89. The van der Waals surface area contributed by atoms with Gasteiger partial charge in [-0.15, -0.1) is 0 Å². The van der Waals surface area contributed by atoms with Crippen molar-refractivity contribution in [3.8, 4) is 5.75 Å². The fourth-order valence-electron chi connectivity index (χ4n) is 2.11. The van der Waals surface area contributed by atoms with E-state index in [-0.39, 0.29) is 11.6 Å². The summed E-state index contributed by atoms with van der Waals surface area (Å²) in [6.07, 6.45) is 0. The molecule has 5 nitrogen and oxygen atoms in total. The van der Waals surface area contributed by atoms with Crippen LogP contribution in [-0.4, -0.2) is 18.2 Å². The number of anilines is 1. The van der Waals surface area contributed by atoms with Crippen molar-refractivity contribution in [1.29, 1.82) is 5.41 Å². The van der Waals surface area contributed by atoms with E-state index < -0.39 is 0 Å². The number of hydrogen-bond acceptors (Lipinski definition) is 4. The molecule has 3 aromatic rings. The summed E-state index contributed by atoms with van der Waals surface area (Å²) in [6.45, 7) is 0. The van der Waals surface area contributed by atoms with Crippen LogP contribution in [0.5, 0.6) is 5.75 Å². The van der Waals surface area contributed by atoms with Gasteiger partial charge >= 0.3 is 0 Å². The first-order valence-corrected chi connectivity index (χ1v) is 6.87. The summed E-state index contributed by atoms with van der Waals surface area (Å²) in [5, 5.41) is 20.2. The maximum Gasteiger partial charge on any atom is 0.193 e. The van der Waals surface area contributed by atoms with Gasteiger partial charge in [0.15, 0.2) is 11.6 Å². The van der Waals surface area contributed by atoms with E-state index in [1.807, 2.05) is 0 Å². The Hall–Kier alpha value is -2.50. The number of furan rings is 1. The second-order valence-corrected chi connectivity index (χ2v) is 5.09. The molecule has 22 heavy (non-hydrogen) atoms. The van der Waals surface area contributed by atoms with E-state index in [0.717, 1.165) is 10.4 Å². The molecule has 2 aromatic carbocycles. The Bertz CT molecular complexity index is 844. The Balaban J connectivity index is 1.94. The number of hydroxylamine groups is 1. The predicted molar refractivity (Wildman–Crippen MR) is 85.3 cm³/mol. The SMILES string of the molecule is COc1ccc2oc(C(=N)N(O)c3cccc(Cl)c3)cc2c1. The van der Waals surface area contributed by atoms with Gasteiger partial charge in [0.05, 0.1) is 12.8 Å². The minimum Gasteiger partial charge on any atom is -0.497 e. The first-order chi connectivity index (χ1) is 10.6. The van der Waals surface area contributed by atoms with Crippen LogP contribution in [0.25, 0.3) is 11.0 Å². The summed E-state index contributed by atoms with van der Waals surface area (Å²) < 4.78 is 10.7. The van der Waals surface area contributed by atoms with E-state index in [2.05, 4.69) is 0 Å². The van der Waals surface area contributed by atoms with E-state index >= 15 is 0 Å². The van der Waals surface area contributed by atoms with E-state index in [4.69, 9.17) is 26.2 Å². The summed E-state index contributed by atoms with van der Waals surface area (Å²) in [7, 11) is 1.58. The minimum absolute atomic E-state index is 0.183. The number of methoxy groups -OCH3 is 1. The minimum atomic E-state index is -0.183.